The minimum Gasteiger partial charge on any atom is -0.463 e. The zero-order valence-electron chi connectivity index (χ0n) is 20.2. The third-order valence-electron chi connectivity index (χ3n) is 10.1. The summed E-state index contributed by atoms with van der Waals surface area (Å²) in [5, 5.41) is 9.37. The molecule has 4 saturated carbocycles. The Morgan fingerprint density at radius 2 is 1.69 bits per heavy atom. The molecule has 176 valence electrons. The molecule has 32 heavy (non-hydrogen) atoms. The summed E-state index contributed by atoms with van der Waals surface area (Å²) in [6, 6.07) is 2.21. The molecule has 4 rings (SSSR count). The van der Waals surface area contributed by atoms with Crippen LogP contribution < -0.4 is 0 Å². The van der Waals surface area contributed by atoms with Crippen molar-refractivity contribution in [2.75, 3.05) is 6.61 Å². The molecule has 4 aliphatic carbocycles. The van der Waals surface area contributed by atoms with Crippen LogP contribution in [0.5, 0.6) is 0 Å². The first kappa shape index (κ1) is 23.3. The maximum absolute atomic E-state index is 11.5. The number of carbonyl (C=O) groups is 2. The van der Waals surface area contributed by atoms with E-state index in [0.29, 0.717) is 23.2 Å². The smallest absolute Gasteiger partial charge is 0.302 e. The lowest BCUT2D eigenvalue weighted by Gasteiger charge is -2.61. The molecule has 0 N–H and O–H groups in total. The minimum absolute atomic E-state index is 0.104. The summed E-state index contributed by atoms with van der Waals surface area (Å²) in [6.45, 7) is 8.18. The lowest BCUT2D eigenvalue weighted by Crippen LogP contribution is -2.54. The number of nitriles is 1. The molecule has 4 aliphatic rings. The first-order chi connectivity index (χ1) is 15.2. The molecule has 0 bridgehead atoms. The first-order valence-electron chi connectivity index (χ1n) is 12.6. The molecular weight excluding hydrogens is 402 g/mol. The van der Waals surface area contributed by atoms with Gasteiger partial charge >= 0.3 is 11.9 Å². The second-order valence-electron chi connectivity index (χ2n) is 11.5. The molecule has 0 aromatic heterocycles. The SMILES string of the molecule is CC(=O)OC/C(=C/C#N)C1CCC2C3CCC4CC(OC(C)=O)CCC4(C)C3CCC12C. The number of ether oxygens (including phenoxy) is 2. The molecular formula is C27H39NO4. The Labute approximate surface area is 192 Å². The van der Waals surface area contributed by atoms with Crippen LogP contribution in [0.4, 0.5) is 0 Å². The van der Waals surface area contributed by atoms with Gasteiger partial charge in [0.15, 0.2) is 0 Å². The summed E-state index contributed by atoms with van der Waals surface area (Å²) in [7, 11) is 0. The average Bonchev–Trinajstić information content (AvgIpc) is 3.08. The van der Waals surface area contributed by atoms with Crippen LogP contribution >= 0.6 is 0 Å². The van der Waals surface area contributed by atoms with E-state index in [-0.39, 0.29) is 30.1 Å². The van der Waals surface area contributed by atoms with Crippen LogP contribution in [0, 0.1) is 51.8 Å². The summed E-state index contributed by atoms with van der Waals surface area (Å²) in [6.07, 6.45) is 12.2. The van der Waals surface area contributed by atoms with Gasteiger partial charge in [-0.05, 0) is 104 Å². The van der Waals surface area contributed by atoms with Crippen LogP contribution in [0.2, 0.25) is 0 Å². The fourth-order valence-corrected chi connectivity index (χ4v) is 8.68. The molecule has 0 aromatic carbocycles. The molecule has 5 nitrogen and oxygen atoms in total. The molecule has 0 aromatic rings. The molecule has 0 amide bonds. The van der Waals surface area contributed by atoms with Crippen molar-refractivity contribution in [3.8, 4) is 6.07 Å². The van der Waals surface area contributed by atoms with E-state index in [4.69, 9.17) is 9.47 Å². The number of rotatable bonds is 4. The van der Waals surface area contributed by atoms with E-state index in [0.717, 1.165) is 43.1 Å². The maximum atomic E-state index is 11.5. The highest BCUT2D eigenvalue weighted by atomic mass is 16.5. The van der Waals surface area contributed by atoms with Crippen LogP contribution in [0.25, 0.3) is 0 Å². The molecule has 0 spiro atoms. The number of allylic oxidation sites excluding steroid dienone is 1. The molecule has 4 fully saturated rings. The fourth-order valence-electron chi connectivity index (χ4n) is 8.68. The van der Waals surface area contributed by atoms with Crippen LogP contribution in [-0.4, -0.2) is 24.6 Å². The van der Waals surface area contributed by atoms with E-state index < -0.39 is 0 Å². The molecule has 8 atom stereocenters. The third kappa shape index (κ3) is 3.99. The summed E-state index contributed by atoms with van der Waals surface area (Å²) in [5.74, 6) is 2.71. The van der Waals surface area contributed by atoms with Crippen LogP contribution in [0.3, 0.4) is 0 Å². The van der Waals surface area contributed by atoms with Crippen molar-refractivity contribution in [3.63, 3.8) is 0 Å². The van der Waals surface area contributed by atoms with Gasteiger partial charge in [-0.15, -0.1) is 0 Å². The van der Waals surface area contributed by atoms with E-state index in [2.05, 4.69) is 19.9 Å². The van der Waals surface area contributed by atoms with E-state index in [1.54, 1.807) is 6.08 Å². The van der Waals surface area contributed by atoms with Gasteiger partial charge in [-0.1, -0.05) is 13.8 Å². The summed E-state index contributed by atoms with van der Waals surface area (Å²) in [4.78, 5) is 22.9. The van der Waals surface area contributed by atoms with Crippen molar-refractivity contribution in [1.29, 1.82) is 5.26 Å². The molecule has 0 radical (unpaired) electrons. The molecule has 0 aliphatic heterocycles. The van der Waals surface area contributed by atoms with Crippen molar-refractivity contribution in [3.05, 3.63) is 11.6 Å². The zero-order chi connectivity index (χ0) is 23.1. The summed E-state index contributed by atoms with van der Waals surface area (Å²) < 4.78 is 10.9. The Balaban J connectivity index is 1.52. The maximum Gasteiger partial charge on any atom is 0.302 e. The minimum atomic E-state index is -0.284. The first-order valence-corrected chi connectivity index (χ1v) is 12.6. The Bertz CT molecular complexity index is 828. The lowest BCUT2D eigenvalue weighted by atomic mass is 9.44. The number of nitrogens with zero attached hydrogens (tertiary/aromatic N) is 1. The molecule has 8 unspecified atom stereocenters. The number of hydrogen-bond donors (Lipinski definition) is 0. The van der Waals surface area contributed by atoms with Crippen molar-refractivity contribution in [1.82, 2.24) is 0 Å². The van der Waals surface area contributed by atoms with E-state index >= 15 is 0 Å². The van der Waals surface area contributed by atoms with Gasteiger partial charge in [0.05, 0.1) is 6.07 Å². The quantitative estimate of drug-likeness (QED) is 0.420. The van der Waals surface area contributed by atoms with Crippen molar-refractivity contribution >= 4 is 11.9 Å². The monoisotopic (exact) mass is 441 g/mol. The van der Waals surface area contributed by atoms with Crippen LogP contribution in [-0.2, 0) is 19.1 Å². The highest BCUT2D eigenvalue weighted by Crippen LogP contribution is 2.68. The largest absolute Gasteiger partial charge is 0.463 e. The lowest BCUT2D eigenvalue weighted by molar-refractivity contribution is -0.159. The Morgan fingerprint density at radius 1 is 0.969 bits per heavy atom. The Kier molecular flexibility index (Phi) is 6.45. The van der Waals surface area contributed by atoms with Crippen LogP contribution in [0.1, 0.15) is 85.5 Å². The normalized spacial score (nSPS) is 43.3. The van der Waals surface area contributed by atoms with Gasteiger partial charge in [0.25, 0.3) is 0 Å². The fraction of sp³-hybridized carbons (Fsp3) is 0.815. The number of fused-ring (bicyclic) bond motifs is 5. The van der Waals surface area contributed by atoms with Crippen molar-refractivity contribution < 1.29 is 19.1 Å². The average molecular weight is 442 g/mol. The highest BCUT2D eigenvalue weighted by Gasteiger charge is 2.60. The van der Waals surface area contributed by atoms with E-state index in [1.807, 2.05) is 0 Å². The molecule has 0 heterocycles. The van der Waals surface area contributed by atoms with Gasteiger partial charge in [-0.3, -0.25) is 9.59 Å². The van der Waals surface area contributed by atoms with Crippen LogP contribution in [0.15, 0.2) is 11.6 Å². The van der Waals surface area contributed by atoms with Crippen molar-refractivity contribution in [2.24, 2.45) is 40.4 Å². The second-order valence-corrected chi connectivity index (χ2v) is 11.5. The van der Waals surface area contributed by atoms with E-state index in [1.165, 1.54) is 46.0 Å². The number of hydrogen-bond acceptors (Lipinski definition) is 5. The number of carbonyl (C=O) groups excluding carboxylic acids is 2. The second kappa shape index (κ2) is 8.84. The molecule has 5 heteroatoms. The predicted octanol–water partition coefficient (Wildman–Crippen LogP) is 5.59. The van der Waals surface area contributed by atoms with Gasteiger partial charge in [-0.2, -0.15) is 5.26 Å². The topological polar surface area (TPSA) is 76.4 Å². The van der Waals surface area contributed by atoms with Gasteiger partial charge in [0.2, 0.25) is 0 Å². The predicted molar refractivity (Wildman–Crippen MR) is 121 cm³/mol. The Morgan fingerprint density at radius 3 is 2.38 bits per heavy atom. The third-order valence-corrected chi connectivity index (χ3v) is 10.1. The highest BCUT2D eigenvalue weighted by molar-refractivity contribution is 5.66. The number of esters is 2. The zero-order valence-corrected chi connectivity index (χ0v) is 20.2. The van der Waals surface area contributed by atoms with Gasteiger partial charge in [0.1, 0.15) is 12.7 Å². The van der Waals surface area contributed by atoms with Gasteiger partial charge in [-0.25, -0.2) is 0 Å². The standard InChI is InChI=1S/C27H39NO4/c1-17(29)31-16-19(11-14-28)23-7-8-24-22-6-5-20-15-21(32-18(2)30)9-12-26(20,3)25(22)10-13-27(23,24)4/h11,20-25H,5-10,12-13,15-16H2,1-4H3/b19-11-. The summed E-state index contributed by atoms with van der Waals surface area (Å²) in [5.41, 5.74) is 1.54. The summed E-state index contributed by atoms with van der Waals surface area (Å²) >= 11 is 0. The van der Waals surface area contributed by atoms with Gasteiger partial charge in [0, 0.05) is 19.9 Å². The van der Waals surface area contributed by atoms with Crippen molar-refractivity contribution in [2.45, 2.75) is 91.6 Å². The van der Waals surface area contributed by atoms with Gasteiger partial charge < -0.3 is 9.47 Å². The molecule has 0 saturated heterocycles. The Hall–Kier alpha value is -1.83. The van der Waals surface area contributed by atoms with E-state index in [9.17, 15) is 14.9 Å².